The molecule has 1 saturated heterocycles. The van der Waals surface area contributed by atoms with Crippen molar-refractivity contribution in [1.82, 2.24) is 5.06 Å². The number of rotatable bonds is 2. The Kier molecular flexibility index (Phi) is 2.05. The maximum absolute atomic E-state index is 11.7. The fourth-order valence-corrected chi connectivity index (χ4v) is 1.99. The molecule has 4 nitrogen and oxygen atoms in total. The summed E-state index contributed by atoms with van der Waals surface area (Å²) in [5.41, 5.74) is -0.439. The van der Waals surface area contributed by atoms with E-state index in [0.29, 0.717) is 0 Å². The van der Waals surface area contributed by atoms with Crippen molar-refractivity contribution in [2.75, 3.05) is 6.61 Å². The van der Waals surface area contributed by atoms with E-state index in [2.05, 4.69) is 5.92 Å². The Morgan fingerprint density at radius 1 is 1.50 bits per heavy atom. The number of hydroxylamine groups is 2. The van der Waals surface area contributed by atoms with Crippen molar-refractivity contribution in [3.63, 3.8) is 0 Å². The van der Waals surface area contributed by atoms with Crippen molar-refractivity contribution in [3.05, 3.63) is 0 Å². The highest BCUT2D eigenvalue weighted by atomic mass is 16.7. The normalized spacial score (nSPS) is 23.8. The van der Waals surface area contributed by atoms with Gasteiger partial charge in [0, 0.05) is 6.42 Å². The summed E-state index contributed by atoms with van der Waals surface area (Å²) in [6.45, 7) is -0.0342. The van der Waals surface area contributed by atoms with E-state index in [0.717, 1.165) is 24.3 Å². The van der Waals surface area contributed by atoms with Crippen LogP contribution in [0.1, 0.15) is 25.7 Å². The molecule has 4 heteroatoms. The summed E-state index contributed by atoms with van der Waals surface area (Å²) in [6.07, 6.45) is 7.89. The van der Waals surface area contributed by atoms with Crippen LogP contribution in [0.2, 0.25) is 0 Å². The summed E-state index contributed by atoms with van der Waals surface area (Å²) < 4.78 is 0. The average molecular weight is 193 g/mol. The molecule has 2 aliphatic rings. The molecule has 0 unspecified atom stereocenters. The van der Waals surface area contributed by atoms with E-state index in [9.17, 15) is 9.59 Å². The highest BCUT2D eigenvalue weighted by Gasteiger charge is 2.55. The van der Waals surface area contributed by atoms with E-state index in [-0.39, 0.29) is 24.8 Å². The number of hydrogen-bond acceptors (Lipinski definition) is 3. The third-order valence-corrected chi connectivity index (χ3v) is 2.94. The number of carbonyl (C=O) groups is 2. The first kappa shape index (κ1) is 9.22. The van der Waals surface area contributed by atoms with Gasteiger partial charge in [-0.15, -0.1) is 6.42 Å². The van der Waals surface area contributed by atoms with Crippen LogP contribution < -0.4 is 0 Å². The smallest absolute Gasteiger partial charge is 0.260 e. The highest BCUT2D eigenvalue weighted by molar-refractivity contribution is 6.05. The van der Waals surface area contributed by atoms with Crippen molar-refractivity contribution in [1.29, 1.82) is 0 Å². The molecule has 0 aromatic carbocycles. The molecule has 2 amide bonds. The molecule has 1 aliphatic heterocycles. The van der Waals surface area contributed by atoms with Gasteiger partial charge < -0.3 is 0 Å². The van der Waals surface area contributed by atoms with Crippen LogP contribution in [0.25, 0.3) is 0 Å². The minimum absolute atomic E-state index is 0.0342. The second kappa shape index (κ2) is 3.10. The van der Waals surface area contributed by atoms with Crippen molar-refractivity contribution in [2.24, 2.45) is 5.41 Å². The van der Waals surface area contributed by atoms with Crippen LogP contribution in [0.5, 0.6) is 0 Å². The molecule has 1 spiro atoms. The van der Waals surface area contributed by atoms with E-state index in [1.807, 2.05) is 0 Å². The first-order valence-electron chi connectivity index (χ1n) is 4.63. The van der Waals surface area contributed by atoms with E-state index in [1.165, 1.54) is 0 Å². The molecule has 0 aromatic rings. The molecular formula is C10H11NO3. The second-order valence-corrected chi connectivity index (χ2v) is 3.78. The molecular weight excluding hydrogens is 182 g/mol. The zero-order valence-corrected chi connectivity index (χ0v) is 7.78. The molecule has 1 saturated carbocycles. The van der Waals surface area contributed by atoms with Gasteiger partial charge in [-0.25, -0.2) is 0 Å². The van der Waals surface area contributed by atoms with Gasteiger partial charge >= 0.3 is 0 Å². The Balaban J connectivity index is 2.09. The molecule has 1 aliphatic carbocycles. The van der Waals surface area contributed by atoms with Crippen molar-refractivity contribution >= 4 is 11.8 Å². The van der Waals surface area contributed by atoms with Crippen LogP contribution in [-0.4, -0.2) is 23.5 Å². The summed E-state index contributed by atoms with van der Waals surface area (Å²) in [5, 5.41) is 0.846. The zero-order valence-electron chi connectivity index (χ0n) is 7.78. The van der Waals surface area contributed by atoms with Crippen LogP contribution in [0, 0.1) is 17.8 Å². The van der Waals surface area contributed by atoms with Gasteiger partial charge in [-0.3, -0.25) is 14.4 Å². The summed E-state index contributed by atoms with van der Waals surface area (Å²) in [6, 6.07) is 0. The Hall–Kier alpha value is -1.34. The molecule has 14 heavy (non-hydrogen) atoms. The quantitative estimate of drug-likeness (QED) is 0.473. The SMILES string of the molecule is C#CCON1C(=O)CC2(CCC2)C1=O. The minimum Gasteiger partial charge on any atom is -0.272 e. The van der Waals surface area contributed by atoms with Crippen LogP contribution >= 0.6 is 0 Å². The Morgan fingerprint density at radius 2 is 2.21 bits per heavy atom. The number of imide groups is 1. The highest BCUT2D eigenvalue weighted by Crippen LogP contribution is 2.49. The van der Waals surface area contributed by atoms with Crippen LogP contribution in [0.3, 0.4) is 0 Å². The summed E-state index contributed by atoms with van der Waals surface area (Å²) in [5.74, 6) is 1.77. The summed E-state index contributed by atoms with van der Waals surface area (Å²) in [4.78, 5) is 28.1. The predicted octanol–water partition coefficient (Wildman–Crippen LogP) is 0.480. The lowest BCUT2D eigenvalue weighted by Gasteiger charge is -2.34. The Labute approximate surface area is 82.2 Å². The lowest BCUT2D eigenvalue weighted by atomic mass is 9.68. The first-order valence-corrected chi connectivity index (χ1v) is 4.63. The second-order valence-electron chi connectivity index (χ2n) is 3.78. The van der Waals surface area contributed by atoms with Crippen LogP contribution in [0.4, 0.5) is 0 Å². The monoisotopic (exact) mass is 193 g/mol. The van der Waals surface area contributed by atoms with Gasteiger partial charge in [0.25, 0.3) is 11.8 Å². The van der Waals surface area contributed by atoms with Crippen molar-refractivity contribution in [3.8, 4) is 12.3 Å². The number of nitrogens with zero attached hydrogens (tertiary/aromatic N) is 1. The number of amides is 2. The van der Waals surface area contributed by atoms with Crippen molar-refractivity contribution in [2.45, 2.75) is 25.7 Å². The molecule has 0 atom stereocenters. The van der Waals surface area contributed by atoms with E-state index in [4.69, 9.17) is 11.3 Å². The zero-order chi connectivity index (χ0) is 10.2. The van der Waals surface area contributed by atoms with Gasteiger partial charge in [0.05, 0.1) is 5.41 Å². The third kappa shape index (κ3) is 1.13. The molecule has 0 radical (unpaired) electrons. The van der Waals surface area contributed by atoms with Crippen LogP contribution in [-0.2, 0) is 14.4 Å². The standard InChI is InChI=1S/C10H11NO3/c1-2-6-14-11-8(12)7-10(9(11)13)4-3-5-10/h1H,3-7H2. The van der Waals surface area contributed by atoms with Gasteiger partial charge in [0.1, 0.15) is 6.61 Å². The maximum Gasteiger partial charge on any atom is 0.260 e. The molecule has 2 fully saturated rings. The average Bonchev–Trinajstić information content (AvgIpc) is 2.35. The van der Waals surface area contributed by atoms with E-state index < -0.39 is 5.41 Å². The largest absolute Gasteiger partial charge is 0.272 e. The fourth-order valence-electron chi connectivity index (χ4n) is 1.99. The molecule has 2 rings (SSSR count). The summed E-state index contributed by atoms with van der Waals surface area (Å²) in [7, 11) is 0. The molecule has 74 valence electrons. The Morgan fingerprint density at radius 3 is 2.64 bits per heavy atom. The number of hydrogen-bond donors (Lipinski definition) is 0. The fraction of sp³-hybridized carbons (Fsp3) is 0.600. The van der Waals surface area contributed by atoms with Crippen molar-refractivity contribution < 1.29 is 14.4 Å². The minimum atomic E-state index is -0.439. The Bertz CT molecular complexity index is 325. The van der Waals surface area contributed by atoms with Gasteiger partial charge in [-0.05, 0) is 12.8 Å². The summed E-state index contributed by atoms with van der Waals surface area (Å²) >= 11 is 0. The number of terminal acetylenes is 1. The van der Waals surface area contributed by atoms with Crippen LogP contribution in [0.15, 0.2) is 0 Å². The van der Waals surface area contributed by atoms with Gasteiger partial charge in [0.15, 0.2) is 0 Å². The molecule has 1 heterocycles. The maximum atomic E-state index is 11.7. The molecule has 0 N–H and O–H groups in total. The first-order chi connectivity index (χ1) is 6.69. The van der Waals surface area contributed by atoms with E-state index in [1.54, 1.807) is 0 Å². The molecule has 0 bridgehead atoms. The van der Waals surface area contributed by atoms with Gasteiger partial charge in [-0.1, -0.05) is 12.3 Å². The van der Waals surface area contributed by atoms with Gasteiger partial charge in [-0.2, -0.15) is 5.06 Å². The lowest BCUT2D eigenvalue weighted by Crippen LogP contribution is -2.39. The third-order valence-electron chi connectivity index (χ3n) is 2.94. The molecule has 0 aromatic heterocycles. The number of carbonyl (C=O) groups excluding carboxylic acids is 2. The topological polar surface area (TPSA) is 46.6 Å². The van der Waals surface area contributed by atoms with Gasteiger partial charge in [0.2, 0.25) is 0 Å². The predicted molar refractivity (Wildman–Crippen MR) is 47.5 cm³/mol. The lowest BCUT2D eigenvalue weighted by molar-refractivity contribution is -0.188. The van der Waals surface area contributed by atoms with E-state index >= 15 is 0 Å².